The number of carbonyl (C=O) groups excluding carboxylic acids is 1. The Balaban J connectivity index is 2.82. The second kappa shape index (κ2) is 6.90. The minimum absolute atomic E-state index is 0.0642. The molecule has 0 aliphatic rings. The molecule has 0 aromatic heterocycles. The van der Waals surface area contributed by atoms with Crippen LogP contribution in [-0.2, 0) is 11.0 Å². The van der Waals surface area contributed by atoms with Crippen molar-refractivity contribution in [1.29, 1.82) is 5.26 Å². The van der Waals surface area contributed by atoms with E-state index in [2.05, 4.69) is 5.32 Å². The van der Waals surface area contributed by atoms with Crippen molar-refractivity contribution >= 4 is 5.91 Å². The molecule has 0 aliphatic carbocycles. The average molecular weight is 328 g/mol. The zero-order valence-electron chi connectivity index (χ0n) is 13.4. The van der Waals surface area contributed by atoms with E-state index in [0.29, 0.717) is 0 Å². The number of nitrogens with one attached hydrogen (secondary N) is 1. The van der Waals surface area contributed by atoms with Crippen LogP contribution in [0.3, 0.4) is 0 Å². The molecule has 7 heteroatoms. The van der Waals surface area contributed by atoms with Gasteiger partial charge in [-0.05, 0) is 38.0 Å². The van der Waals surface area contributed by atoms with Crippen molar-refractivity contribution in [2.24, 2.45) is 5.92 Å². The Morgan fingerprint density at radius 3 is 2.39 bits per heavy atom. The summed E-state index contributed by atoms with van der Waals surface area (Å²) in [5.74, 6) is -0.775. The Labute approximate surface area is 133 Å². The molecular formula is C16H19F3N2O2. The van der Waals surface area contributed by atoms with E-state index in [1.54, 1.807) is 20.8 Å². The van der Waals surface area contributed by atoms with Crippen LogP contribution in [0.25, 0.3) is 0 Å². The fraction of sp³-hybridized carbons (Fsp3) is 0.500. The van der Waals surface area contributed by atoms with E-state index >= 15 is 0 Å². The molecule has 1 aromatic rings. The number of nitrogens with zero attached hydrogens (tertiary/aromatic N) is 1. The van der Waals surface area contributed by atoms with Crippen molar-refractivity contribution in [3.63, 3.8) is 0 Å². The third-order valence-corrected chi connectivity index (χ3v) is 3.61. The van der Waals surface area contributed by atoms with Crippen molar-refractivity contribution in [1.82, 2.24) is 5.32 Å². The highest BCUT2D eigenvalue weighted by molar-refractivity contribution is 5.81. The van der Waals surface area contributed by atoms with E-state index in [-0.39, 0.29) is 11.7 Å². The van der Waals surface area contributed by atoms with Crippen molar-refractivity contribution in [2.45, 2.75) is 45.5 Å². The Morgan fingerprint density at radius 2 is 1.91 bits per heavy atom. The molecule has 1 aromatic carbocycles. The first-order valence-electron chi connectivity index (χ1n) is 7.07. The average Bonchev–Trinajstić information content (AvgIpc) is 2.46. The number of carbonyl (C=O) groups is 1. The van der Waals surface area contributed by atoms with E-state index in [1.807, 2.05) is 6.07 Å². The molecule has 0 saturated carbocycles. The smallest absolute Gasteiger partial charge is 0.416 e. The van der Waals surface area contributed by atoms with Crippen LogP contribution < -0.4 is 10.1 Å². The topological polar surface area (TPSA) is 62.1 Å². The number of alkyl halides is 3. The maximum Gasteiger partial charge on any atom is 0.416 e. The first kappa shape index (κ1) is 18.8. The van der Waals surface area contributed by atoms with Gasteiger partial charge in [-0.2, -0.15) is 18.4 Å². The number of benzene rings is 1. The third-order valence-electron chi connectivity index (χ3n) is 3.61. The number of halogens is 3. The maximum absolute atomic E-state index is 12.7. The van der Waals surface area contributed by atoms with Gasteiger partial charge in [0.2, 0.25) is 0 Å². The maximum atomic E-state index is 12.7. The second-order valence-corrected chi connectivity index (χ2v) is 5.74. The van der Waals surface area contributed by atoms with Crippen molar-refractivity contribution in [3.8, 4) is 11.8 Å². The fourth-order valence-corrected chi connectivity index (χ4v) is 1.66. The van der Waals surface area contributed by atoms with E-state index in [1.165, 1.54) is 19.1 Å². The van der Waals surface area contributed by atoms with Gasteiger partial charge in [-0.3, -0.25) is 4.79 Å². The van der Waals surface area contributed by atoms with Gasteiger partial charge in [-0.1, -0.05) is 19.9 Å². The molecule has 126 valence electrons. The first-order valence-corrected chi connectivity index (χ1v) is 7.07. The van der Waals surface area contributed by atoms with Crippen LogP contribution in [0.1, 0.15) is 33.3 Å². The molecule has 0 bridgehead atoms. The fourth-order valence-electron chi connectivity index (χ4n) is 1.66. The van der Waals surface area contributed by atoms with E-state index in [4.69, 9.17) is 4.74 Å². The van der Waals surface area contributed by atoms with Crippen LogP contribution in [0, 0.1) is 17.2 Å². The highest BCUT2D eigenvalue weighted by Gasteiger charge is 2.33. The monoisotopic (exact) mass is 328 g/mol. The summed E-state index contributed by atoms with van der Waals surface area (Å²) in [5.41, 5.74) is -1.94. The third kappa shape index (κ3) is 4.88. The van der Waals surface area contributed by atoms with Crippen LogP contribution in [0.15, 0.2) is 24.3 Å². The minimum atomic E-state index is -4.48. The Morgan fingerprint density at radius 1 is 1.30 bits per heavy atom. The number of hydrogen-bond acceptors (Lipinski definition) is 3. The molecule has 0 saturated heterocycles. The van der Waals surface area contributed by atoms with Gasteiger partial charge in [-0.15, -0.1) is 0 Å². The highest BCUT2D eigenvalue weighted by Crippen LogP contribution is 2.31. The SMILES string of the molecule is CC(C)[C@@](C)(C#N)NC(=O)[C@@H](C)Oc1cccc(C(F)(F)F)c1. The molecule has 1 amide bonds. The molecule has 4 nitrogen and oxygen atoms in total. The Hall–Kier alpha value is -2.23. The molecule has 23 heavy (non-hydrogen) atoms. The van der Waals surface area contributed by atoms with Crippen molar-refractivity contribution in [3.05, 3.63) is 29.8 Å². The summed E-state index contributed by atoms with van der Waals surface area (Å²) in [5, 5.41) is 11.7. The van der Waals surface area contributed by atoms with Crippen molar-refractivity contribution in [2.75, 3.05) is 0 Å². The van der Waals surface area contributed by atoms with Crippen LogP contribution in [-0.4, -0.2) is 17.6 Å². The van der Waals surface area contributed by atoms with E-state index in [9.17, 15) is 23.2 Å². The van der Waals surface area contributed by atoms with Gasteiger partial charge in [0.05, 0.1) is 11.6 Å². The molecular weight excluding hydrogens is 309 g/mol. The summed E-state index contributed by atoms with van der Waals surface area (Å²) in [6.45, 7) is 6.55. The van der Waals surface area contributed by atoms with Crippen LogP contribution >= 0.6 is 0 Å². The lowest BCUT2D eigenvalue weighted by Crippen LogP contribution is -2.52. The summed E-state index contributed by atoms with van der Waals surface area (Å²) in [7, 11) is 0. The summed E-state index contributed by atoms with van der Waals surface area (Å²) in [6, 6.07) is 6.31. The van der Waals surface area contributed by atoms with E-state index in [0.717, 1.165) is 12.1 Å². The lowest BCUT2D eigenvalue weighted by Gasteiger charge is -2.28. The summed E-state index contributed by atoms with van der Waals surface area (Å²) >= 11 is 0. The van der Waals surface area contributed by atoms with E-state index < -0.39 is 29.3 Å². The van der Waals surface area contributed by atoms with Gasteiger partial charge < -0.3 is 10.1 Å². The minimum Gasteiger partial charge on any atom is -0.481 e. The lowest BCUT2D eigenvalue weighted by molar-refractivity contribution is -0.137. The molecule has 0 fully saturated rings. The number of amides is 1. The molecule has 1 N–H and O–H groups in total. The molecule has 0 unspecified atom stereocenters. The molecule has 0 heterocycles. The largest absolute Gasteiger partial charge is 0.481 e. The Bertz CT molecular complexity index is 608. The molecule has 2 atom stereocenters. The summed E-state index contributed by atoms with van der Waals surface area (Å²) in [6.07, 6.45) is -5.52. The van der Waals surface area contributed by atoms with Gasteiger partial charge in [0.25, 0.3) is 5.91 Å². The second-order valence-electron chi connectivity index (χ2n) is 5.74. The zero-order chi connectivity index (χ0) is 17.8. The Kier molecular flexibility index (Phi) is 5.65. The van der Waals surface area contributed by atoms with Crippen LogP contribution in [0.4, 0.5) is 13.2 Å². The first-order chi connectivity index (χ1) is 10.5. The number of hydrogen-bond donors (Lipinski definition) is 1. The summed E-state index contributed by atoms with van der Waals surface area (Å²) < 4.78 is 43.2. The van der Waals surface area contributed by atoms with Gasteiger partial charge in [0, 0.05) is 0 Å². The van der Waals surface area contributed by atoms with Crippen molar-refractivity contribution < 1.29 is 22.7 Å². The zero-order valence-corrected chi connectivity index (χ0v) is 13.4. The van der Waals surface area contributed by atoms with Gasteiger partial charge in [-0.25, -0.2) is 0 Å². The van der Waals surface area contributed by atoms with Gasteiger partial charge >= 0.3 is 6.18 Å². The number of rotatable bonds is 5. The van der Waals surface area contributed by atoms with Gasteiger partial charge in [0.1, 0.15) is 11.3 Å². The van der Waals surface area contributed by atoms with Gasteiger partial charge in [0.15, 0.2) is 6.10 Å². The van der Waals surface area contributed by atoms with Crippen LogP contribution in [0.2, 0.25) is 0 Å². The standard InChI is InChI=1S/C16H19F3N2O2/c1-10(2)15(4,9-20)21-14(22)11(3)23-13-7-5-6-12(8-13)16(17,18)19/h5-8,10-11H,1-4H3,(H,21,22)/t11-,15-/m1/s1. The molecule has 0 radical (unpaired) electrons. The van der Waals surface area contributed by atoms with Crippen LogP contribution in [0.5, 0.6) is 5.75 Å². The molecule has 0 spiro atoms. The predicted molar refractivity (Wildman–Crippen MR) is 78.5 cm³/mol. The number of ether oxygens (including phenoxy) is 1. The number of nitriles is 1. The normalized spacial score (nSPS) is 15.4. The molecule has 0 aliphatic heterocycles. The summed E-state index contributed by atoms with van der Waals surface area (Å²) in [4.78, 5) is 12.1. The predicted octanol–water partition coefficient (Wildman–Crippen LogP) is 3.53. The molecule has 1 rings (SSSR count). The quantitative estimate of drug-likeness (QED) is 0.899. The lowest BCUT2D eigenvalue weighted by atomic mass is 9.90. The highest BCUT2D eigenvalue weighted by atomic mass is 19.4.